The minimum Gasteiger partial charge on any atom is -0.480 e. The van der Waals surface area contributed by atoms with Crippen LogP contribution in [0.3, 0.4) is 0 Å². The average Bonchev–Trinajstić information content (AvgIpc) is 3.48. The smallest absolute Gasteiger partial charge is 0.407 e. The lowest BCUT2D eigenvalue weighted by atomic mass is 9.96. The third kappa shape index (κ3) is 5.81. The zero-order valence-electron chi connectivity index (χ0n) is 19.9. The van der Waals surface area contributed by atoms with E-state index in [1.165, 1.54) is 38.9 Å². The van der Waals surface area contributed by atoms with Crippen LogP contribution in [0, 0.1) is 5.92 Å². The lowest BCUT2D eigenvalue weighted by Gasteiger charge is -2.22. The fourth-order valence-electron chi connectivity index (χ4n) is 4.94. The molecule has 2 aromatic rings. The Labute approximate surface area is 210 Å². The number of nitrogens with zero attached hydrogens (tertiary/aromatic N) is 1. The van der Waals surface area contributed by atoms with Crippen LogP contribution in [0.15, 0.2) is 48.5 Å². The van der Waals surface area contributed by atoms with Crippen molar-refractivity contribution in [3.63, 3.8) is 0 Å². The van der Waals surface area contributed by atoms with Crippen LogP contribution >= 0.6 is 11.8 Å². The number of fused-ring (bicyclic) bond motifs is 3. The van der Waals surface area contributed by atoms with Crippen molar-refractivity contribution < 1.29 is 24.2 Å². The molecule has 1 unspecified atom stereocenters. The molecule has 1 saturated heterocycles. The number of rotatable bonds is 10. The molecule has 2 aromatic carbocycles. The number of benzene rings is 2. The van der Waals surface area contributed by atoms with Gasteiger partial charge in [-0.05, 0) is 41.0 Å². The van der Waals surface area contributed by atoms with Crippen molar-refractivity contribution in [1.29, 1.82) is 0 Å². The summed E-state index contributed by atoms with van der Waals surface area (Å²) in [4.78, 5) is 37.7. The minimum atomic E-state index is -0.942. The van der Waals surface area contributed by atoms with Gasteiger partial charge in [0.25, 0.3) is 0 Å². The zero-order chi connectivity index (χ0) is 24.8. The van der Waals surface area contributed by atoms with Gasteiger partial charge in [-0.3, -0.25) is 4.79 Å². The molecule has 0 radical (unpaired) electrons. The Morgan fingerprint density at radius 1 is 1.09 bits per heavy atom. The maximum Gasteiger partial charge on any atom is 0.407 e. The molecule has 0 saturated carbocycles. The first-order valence-electron chi connectivity index (χ1n) is 12.2. The van der Waals surface area contributed by atoms with E-state index in [-0.39, 0.29) is 24.3 Å². The fourth-order valence-corrected chi connectivity index (χ4v) is 6.12. The predicted molar refractivity (Wildman–Crippen MR) is 136 cm³/mol. The molecule has 0 bridgehead atoms. The number of carbonyl (C=O) groups is 3. The summed E-state index contributed by atoms with van der Waals surface area (Å²) in [5.74, 6) is 0.137. The van der Waals surface area contributed by atoms with Gasteiger partial charge in [0.1, 0.15) is 12.6 Å². The van der Waals surface area contributed by atoms with Crippen molar-refractivity contribution in [3.05, 3.63) is 59.7 Å². The zero-order valence-corrected chi connectivity index (χ0v) is 20.8. The number of hydrogen-bond acceptors (Lipinski definition) is 5. The van der Waals surface area contributed by atoms with Crippen LogP contribution in [-0.2, 0) is 14.3 Å². The van der Waals surface area contributed by atoms with E-state index >= 15 is 0 Å². The predicted octanol–water partition coefficient (Wildman–Crippen LogP) is 4.71. The highest BCUT2D eigenvalue weighted by atomic mass is 32.2. The maximum absolute atomic E-state index is 12.5. The van der Waals surface area contributed by atoms with Crippen LogP contribution < -0.4 is 5.32 Å². The Bertz CT molecular complexity index is 1030. The van der Waals surface area contributed by atoms with Crippen molar-refractivity contribution in [1.82, 2.24) is 10.2 Å². The van der Waals surface area contributed by atoms with E-state index in [0.29, 0.717) is 31.0 Å². The number of amides is 2. The van der Waals surface area contributed by atoms with Crippen LogP contribution in [0.25, 0.3) is 11.1 Å². The van der Waals surface area contributed by atoms with Gasteiger partial charge in [-0.15, -0.1) is 11.8 Å². The molecule has 0 spiro atoms. The van der Waals surface area contributed by atoms with Crippen molar-refractivity contribution in [3.8, 4) is 11.1 Å². The number of nitrogens with one attached hydrogen (secondary N) is 1. The number of alkyl carbamates (subject to hydrolysis) is 1. The summed E-state index contributed by atoms with van der Waals surface area (Å²) < 4.78 is 5.59. The number of hydrogen-bond donors (Lipinski definition) is 2. The molecular formula is C27H32N2O5S. The van der Waals surface area contributed by atoms with E-state index in [2.05, 4.69) is 36.5 Å². The highest BCUT2D eigenvalue weighted by Crippen LogP contribution is 2.44. The monoisotopic (exact) mass is 496 g/mol. The summed E-state index contributed by atoms with van der Waals surface area (Å²) in [6.45, 7) is 2.82. The number of ether oxygens (including phenoxy) is 1. The number of thioether (sulfide) groups is 1. The van der Waals surface area contributed by atoms with Crippen LogP contribution in [0.2, 0.25) is 0 Å². The lowest BCUT2D eigenvalue weighted by molar-refractivity contribution is -0.147. The standard InChI is InChI=1S/C27H32N2O5S/c1-2-18(11-12-25(30)29-17-35-16-24(29)26(31)32)13-14-28-27(33)34-15-23-21-9-5-3-7-19(21)20-8-4-6-10-22(20)23/h3-10,18,23-24H,2,11-17H2,1H3,(H,28,33)(H,31,32)/t18?,24-/m0/s1. The molecule has 2 amide bonds. The lowest BCUT2D eigenvalue weighted by Crippen LogP contribution is -2.41. The van der Waals surface area contributed by atoms with Gasteiger partial charge >= 0.3 is 12.1 Å². The number of carboxylic acid groups (broad SMARTS) is 1. The Kier molecular flexibility index (Phi) is 8.33. The van der Waals surface area contributed by atoms with E-state index < -0.39 is 18.1 Å². The van der Waals surface area contributed by atoms with E-state index in [9.17, 15) is 19.5 Å². The first kappa shape index (κ1) is 25.1. The largest absolute Gasteiger partial charge is 0.480 e. The molecule has 8 heteroatoms. The molecule has 7 nitrogen and oxygen atoms in total. The van der Waals surface area contributed by atoms with E-state index in [1.807, 2.05) is 24.3 Å². The number of carbonyl (C=O) groups excluding carboxylic acids is 2. The molecule has 2 atom stereocenters. The Hall–Kier alpha value is -3.00. The highest BCUT2D eigenvalue weighted by Gasteiger charge is 2.34. The maximum atomic E-state index is 12.5. The molecule has 0 aromatic heterocycles. The van der Waals surface area contributed by atoms with Gasteiger partial charge in [-0.25, -0.2) is 9.59 Å². The van der Waals surface area contributed by atoms with Gasteiger partial charge in [0.2, 0.25) is 5.91 Å². The van der Waals surface area contributed by atoms with Crippen LogP contribution in [0.4, 0.5) is 4.79 Å². The fraction of sp³-hybridized carbons (Fsp3) is 0.444. The number of carboxylic acids is 1. The quantitative estimate of drug-likeness (QED) is 0.495. The van der Waals surface area contributed by atoms with Gasteiger partial charge in [0.05, 0.1) is 5.88 Å². The molecule has 2 aliphatic rings. The molecule has 1 aliphatic carbocycles. The second kappa shape index (κ2) is 11.6. The van der Waals surface area contributed by atoms with Gasteiger partial charge in [0, 0.05) is 24.6 Å². The highest BCUT2D eigenvalue weighted by molar-refractivity contribution is 7.99. The summed E-state index contributed by atoms with van der Waals surface area (Å²) in [6, 6.07) is 15.7. The van der Waals surface area contributed by atoms with Crippen molar-refractivity contribution in [2.75, 3.05) is 24.8 Å². The number of aliphatic carboxylic acids is 1. The van der Waals surface area contributed by atoms with E-state index in [0.717, 1.165) is 12.8 Å². The summed E-state index contributed by atoms with van der Waals surface area (Å²) in [7, 11) is 0. The summed E-state index contributed by atoms with van der Waals surface area (Å²) >= 11 is 1.47. The van der Waals surface area contributed by atoms with Gasteiger partial charge in [0.15, 0.2) is 0 Å². The second-order valence-electron chi connectivity index (χ2n) is 9.07. The average molecular weight is 497 g/mol. The third-order valence-electron chi connectivity index (χ3n) is 7.00. The molecule has 1 aliphatic heterocycles. The van der Waals surface area contributed by atoms with Gasteiger partial charge in [-0.1, -0.05) is 61.9 Å². The first-order chi connectivity index (χ1) is 17.0. The molecule has 35 heavy (non-hydrogen) atoms. The van der Waals surface area contributed by atoms with Crippen LogP contribution in [0.1, 0.15) is 49.7 Å². The third-order valence-corrected chi connectivity index (χ3v) is 8.01. The molecule has 1 heterocycles. The molecule has 1 fully saturated rings. The topological polar surface area (TPSA) is 95.9 Å². The van der Waals surface area contributed by atoms with Gasteiger partial charge in [-0.2, -0.15) is 0 Å². The van der Waals surface area contributed by atoms with Gasteiger partial charge < -0.3 is 20.1 Å². The SMILES string of the molecule is CCC(CCNC(=O)OCC1c2ccccc2-c2ccccc21)CCC(=O)N1CSC[C@H]1C(=O)O. The van der Waals surface area contributed by atoms with Crippen molar-refractivity contribution in [2.45, 2.75) is 44.6 Å². The second-order valence-corrected chi connectivity index (χ2v) is 10.1. The molecule has 2 N–H and O–H groups in total. The normalized spacial score (nSPS) is 17.5. The van der Waals surface area contributed by atoms with Crippen LogP contribution in [-0.4, -0.2) is 58.8 Å². The molecule has 186 valence electrons. The van der Waals surface area contributed by atoms with E-state index in [4.69, 9.17) is 4.74 Å². The van der Waals surface area contributed by atoms with Crippen molar-refractivity contribution in [2.24, 2.45) is 5.92 Å². The molecule has 4 rings (SSSR count). The Balaban J connectivity index is 1.21. The molecular weight excluding hydrogens is 464 g/mol. The summed E-state index contributed by atoms with van der Waals surface area (Å²) in [6.07, 6.45) is 2.20. The summed E-state index contributed by atoms with van der Waals surface area (Å²) in [5, 5.41) is 12.1. The summed E-state index contributed by atoms with van der Waals surface area (Å²) in [5.41, 5.74) is 4.75. The minimum absolute atomic E-state index is 0.0286. The van der Waals surface area contributed by atoms with Crippen molar-refractivity contribution >= 4 is 29.7 Å². The van der Waals surface area contributed by atoms with Crippen LogP contribution in [0.5, 0.6) is 0 Å². The Morgan fingerprint density at radius 3 is 2.37 bits per heavy atom. The Morgan fingerprint density at radius 2 is 1.74 bits per heavy atom. The van der Waals surface area contributed by atoms with E-state index in [1.54, 1.807) is 0 Å². The first-order valence-corrected chi connectivity index (χ1v) is 13.3.